The summed E-state index contributed by atoms with van der Waals surface area (Å²) in [6.07, 6.45) is -4.42. The first-order chi connectivity index (χ1) is 14.8. The molecule has 0 amide bonds. The molecule has 5 nitrogen and oxygen atoms in total. The Labute approximate surface area is 186 Å². The van der Waals surface area contributed by atoms with Crippen LogP contribution in [0.3, 0.4) is 0 Å². The molecule has 32 heavy (non-hydrogen) atoms. The van der Waals surface area contributed by atoms with Crippen molar-refractivity contribution in [2.75, 3.05) is 30.5 Å². The Kier molecular flexibility index (Phi) is 6.57. The molecule has 0 radical (unpaired) electrons. The van der Waals surface area contributed by atoms with Crippen molar-refractivity contribution in [1.82, 2.24) is 9.97 Å². The van der Waals surface area contributed by atoms with Gasteiger partial charge in [-0.05, 0) is 70.4 Å². The van der Waals surface area contributed by atoms with E-state index in [0.29, 0.717) is 40.0 Å². The Balaban J connectivity index is 2.12. The van der Waals surface area contributed by atoms with Crippen LogP contribution in [-0.2, 0) is 10.7 Å². The van der Waals surface area contributed by atoms with Crippen LogP contribution in [0, 0.1) is 13.8 Å². The molecule has 0 aliphatic carbocycles. The minimum Gasteiger partial charge on any atom is -0.385 e. The molecule has 1 atom stereocenters. The van der Waals surface area contributed by atoms with E-state index >= 15 is 0 Å². The fraction of sp³-hybridized carbons (Fsp3) is 0.391. The molecule has 0 fully saturated rings. The first-order valence-corrected chi connectivity index (χ1v) is 13.0. The molecule has 9 heteroatoms. The highest BCUT2D eigenvalue weighted by Gasteiger charge is 2.33. The van der Waals surface area contributed by atoms with E-state index in [1.807, 2.05) is 19.1 Å². The topological polar surface area (TPSA) is 66.9 Å². The van der Waals surface area contributed by atoms with E-state index in [4.69, 9.17) is 0 Å². The molecule has 172 valence electrons. The molecule has 0 aliphatic rings. The van der Waals surface area contributed by atoms with Crippen LogP contribution in [0.5, 0.6) is 0 Å². The zero-order chi connectivity index (χ0) is 23.8. The number of anilines is 2. The molecular weight excluding hydrogens is 436 g/mol. The SMILES string of the molecule is CCNc1cc2nc(C)nc(NC(C)c3cccc(C(F)(F)F)c3C)c2cc1P(C)(C)=O. The first-order valence-electron chi connectivity index (χ1n) is 10.4. The number of benzene rings is 2. The van der Waals surface area contributed by atoms with Gasteiger partial charge in [-0.15, -0.1) is 0 Å². The molecule has 0 spiro atoms. The third-order valence-electron chi connectivity index (χ3n) is 5.37. The van der Waals surface area contributed by atoms with Crippen molar-refractivity contribution in [2.45, 2.75) is 39.9 Å². The van der Waals surface area contributed by atoms with Gasteiger partial charge in [-0.3, -0.25) is 0 Å². The molecule has 1 aromatic heterocycles. The number of hydrogen-bond donors (Lipinski definition) is 2. The van der Waals surface area contributed by atoms with Crippen LogP contribution in [0.15, 0.2) is 30.3 Å². The lowest BCUT2D eigenvalue weighted by Gasteiger charge is -2.22. The molecule has 0 saturated heterocycles. The second kappa shape index (κ2) is 8.74. The average Bonchev–Trinajstić information content (AvgIpc) is 2.65. The van der Waals surface area contributed by atoms with Crippen LogP contribution in [-0.4, -0.2) is 29.8 Å². The highest BCUT2D eigenvalue weighted by Crippen LogP contribution is 2.40. The summed E-state index contributed by atoms with van der Waals surface area (Å²) in [6, 6.07) is 7.42. The number of hydrogen-bond acceptors (Lipinski definition) is 5. The number of nitrogens with one attached hydrogen (secondary N) is 2. The van der Waals surface area contributed by atoms with Gasteiger partial charge in [0.1, 0.15) is 18.8 Å². The number of halogens is 3. The van der Waals surface area contributed by atoms with Gasteiger partial charge in [0, 0.05) is 22.9 Å². The van der Waals surface area contributed by atoms with Crippen molar-refractivity contribution in [3.8, 4) is 0 Å². The number of alkyl halides is 3. The third-order valence-corrected chi connectivity index (χ3v) is 6.90. The minimum atomic E-state index is -4.42. The summed E-state index contributed by atoms with van der Waals surface area (Å²) in [4.78, 5) is 9.03. The van der Waals surface area contributed by atoms with Crippen molar-refractivity contribution >= 4 is 34.9 Å². The lowest BCUT2D eigenvalue weighted by molar-refractivity contribution is -0.138. The quantitative estimate of drug-likeness (QED) is 0.431. The Bertz CT molecular complexity index is 1200. The smallest absolute Gasteiger partial charge is 0.385 e. The molecule has 0 bridgehead atoms. The highest BCUT2D eigenvalue weighted by atomic mass is 31.2. The fourth-order valence-corrected chi connectivity index (χ4v) is 5.04. The van der Waals surface area contributed by atoms with Crippen LogP contribution in [0.4, 0.5) is 24.7 Å². The van der Waals surface area contributed by atoms with E-state index in [0.717, 1.165) is 11.8 Å². The van der Waals surface area contributed by atoms with Gasteiger partial charge < -0.3 is 15.2 Å². The van der Waals surface area contributed by atoms with Gasteiger partial charge in [0.05, 0.1) is 17.1 Å². The molecular formula is C23H28F3N4OP. The standard InChI is InChI=1S/C23H28F3N4OP/c1-7-27-20-12-19-17(11-21(20)32(5,6)31)22(30-15(4)29-19)28-14(3)16-9-8-10-18(13(16)2)23(24,25)26/h8-12,14,27H,7H2,1-6H3,(H,28,29,30). The number of aryl methyl sites for hydroxylation is 1. The number of rotatable bonds is 6. The predicted molar refractivity (Wildman–Crippen MR) is 126 cm³/mol. The van der Waals surface area contributed by atoms with Gasteiger partial charge in [0.2, 0.25) is 0 Å². The zero-order valence-corrected chi connectivity index (χ0v) is 19.9. The second-order valence-corrected chi connectivity index (χ2v) is 11.5. The maximum Gasteiger partial charge on any atom is 0.416 e. The maximum atomic E-state index is 13.4. The Morgan fingerprint density at radius 1 is 1.12 bits per heavy atom. The van der Waals surface area contributed by atoms with Gasteiger partial charge in [-0.1, -0.05) is 12.1 Å². The van der Waals surface area contributed by atoms with Crippen molar-refractivity contribution < 1.29 is 17.7 Å². The highest BCUT2D eigenvalue weighted by molar-refractivity contribution is 7.70. The van der Waals surface area contributed by atoms with E-state index in [-0.39, 0.29) is 5.56 Å². The van der Waals surface area contributed by atoms with E-state index in [9.17, 15) is 17.7 Å². The molecule has 2 aromatic carbocycles. The number of nitrogens with zero attached hydrogens (tertiary/aromatic N) is 2. The Morgan fingerprint density at radius 2 is 1.81 bits per heavy atom. The third kappa shape index (κ3) is 4.90. The average molecular weight is 464 g/mol. The summed E-state index contributed by atoms with van der Waals surface area (Å²) in [5.41, 5.74) is 1.49. The van der Waals surface area contributed by atoms with Gasteiger partial charge in [-0.2, -0.15) is 13.2 Å². The minimum absolute atomic E-state index is 0.178. The second-order valence-electron chi connectivity index (χ2n) is 8.27. The number of aromatic nitrogens is 2. The van der Waals surface area contributed by atoms with E-state index in [1.54, 1.807) is 33.2 Å². The van der Waals surface area contributed by atoms with E-state index in [2.05, 4.69) is 20.6 Å². The first kappa shape index (κ1) is 24.1. The Morgan fingerprint density at radius 3 is 2.41 bits per heavy atom. The summed E-state index contributed by atoms with van der Waals surface area (Å²) < 4.78 is 53.0. The largest absolute Gasteiger partial charge is 0.416 e. The van der Waals surface area contributed by atoms with Crippen LogP contribution >= 0.6 is 7.14 Å². The molecule has 1 heterocycles. The van der Waals surface area contributed by atoms with Crippen molar-refractivity contribution in [3.63, 3.8) is 0 Å². The molecule has 0 aliphatic heterocycles. The normalized spacial score (nSPS) is 13.3. The summed E-state index contributed by atoms with van der Waals surface area (Å²) in [5, 5.41) is 7.87. The number of fused-ring (bicyclic) bond motifs is 1. The maximum absolute atomic E-state index is 13.4. The van der Waals surface area contributed by atoms with E-state index < -0.39 is 24.9 Å². The summed E-state index contributed by atoms with van der Waals surface area (Å²) >= 11 is 0. The molecule has 2 N–H and O–H groups in total. The van der Waals surface area contributed by atoms with Gasteiger partial charge >= 0.3 is 6.18 Å². The molecule has 3 aromatic rings. The molecule has 3 rings (SSSR count). The lowest BCUT2D eigenvalue weighted by atomic mass is 9.97. The van der Waals surface area contributed by atoms with Crippen LogP contribution in [0.25, 0.3) is 10.9 Å². The van der Waals surface area contributed by atoms with Crippen molar-refractivity contribution in [2.24, 2.45) is 0 Å². The predicted octanol–water partition coefficient (Wildman–Crippen LogP) is 6.12. The summed E-state index contributed by atoms with van der Waals surface area (Å²) in [7, 11) is -2.62. The van der Waals surface area contributed by atoms with Crippen LogP contribution in [0.1, 0.15) is 42.4 Å². The Hall–Kier alpha value is -2.60. The van der Waals surface area contributed by atoms with Gasteiger partial charge in [0.15, 0.2) is 0 Å². The monoisotopic (exact) mass is 464 g/mol. The fourth-order valence-electron chi connectivity index (χ4n) is 3.88. The zero-order valence-electron chi connectivity index (χ0n) is 19.1. The van der Waals surface area contributed by atoms with Gasteiger partial charge in [-0.25, -0.2) is 9.97 Å². The molecule has 1 unspecified atom stereocenters. The van der Waals surface area contributed by atoms with E-state index in [1.165, 1.54) is 13.0 Å². The van der Waals surface area contributed by atoms with Crippen molar-refractivity contribution in [1.29, 1.82) is 0 Å². The summed E-state index contributed by atoms with van der Waals surface area (Å²) in [6.45, 7) is 11.1. The summed E-state index contributed by atoms with van der Waals surface area (Å²) in [5.74, 6) is 1.02. The van der Waals surface area contributed by atoms with Crippen molar-refractivity contribution in [3.05, 3.63) is 52.8 Å². The lowest BCUT2D eigenvalue weighted by Crippen LogP contribution is -2.16. The van der Waals surface area contributed by atoms with Crippen LogP contribution < -0.4 is 15.9 Å². The molecule has 0 saturated carbocycles. The van der Waals surface area contributed by atoms with Gasteiger partial charge in [0.25, 0.3) is 0 Å². The van der Waals surface area contributed by atoms with Crippen LogP contribution in [0.2, 0.25) is 0 Å².